The lowest BCUT2D eigenvalue weighted by atomic mass is 9.96. The van der Waals surface area contributed by atoms with Crippen molar-refractivity contribution < 1.29 is 19.0 Å². The second-order valence-corrected chi connectivity index (χ2v) is 6.89. The summed E-state index contributed by atoms with van der Waals surface area (Å²) in [4.78, 5) is 14.4. The van der Waals surface area contributed by atoms with Gasteiger partial charge < -0.3 is 14.7 Å². The molecular weight excluding hydrogens is 297 g/mol. The molecule has 23 heavy (non-hydrogen) atoms. The average molecular weight is 321 g/mol. The number of ether oxygens (including phenoxy) is 1. The third kappa shape index (κ3) is 3.90. The Bertz CT molecular complexity index is 554. The first kappa shape index (κ1) is 16.4. The van der Waals surface area contributed by atoms with Crippen LogP contribution in [0.15, 0.2) is 24.3 Å². The van der Waals surface area contributed by atoms with Crippen molar-refractivity contribution in [2.75, 3.05) is 13.1 Å². The molecule has 126 valence electrons. The highest BCUT2D eigenvalue weighted by atomic mass is 19.1. The topological polar surface area (TPSA) is 49.8 Å². The molecule has 1 aliphatic heterocycles. The van der Waals surface area contributed by atoms with Crippen LogP contribution in [-0.2, 0) is 9.53 Å². The van der Waals surface area contributed by atoms with Crippen LogP contribution >= 0.6 is 0 Å². The summed E-state index contributed by atoms with van der Waals surface area (Å²) in [5, 5.41) is 10.5. The molecule has 1 N–H and O–H groups in total. The van der Waals surface area contributed by atoms with Crippen molar-refractivity contribution in [1.82, 2.24) is 4.90 Å². The first-order valence-electron chi connectivity index (χ1n) is 8.36. The third-order valence-electron chi connectivity index (χ3n) is 4.87. The standard InChI is InChI=1S/C18H24FNO3/c1-13-11-20(17(21)10-18(22)8-2-3-9-18)12-16(23-13)14-4-6-15(19)7-5-14/h4-7,13,16,22H,2-3,8-12H2,1H3. The average Bonchev–Trinajstić information content (AvgIpc) is 2.93. The maximum atomic E-state index is 13.1. The van der Waals surface area contributed by atoms with Gasteiger partial charge in [0.15, 0.2) is 0 Å². The van der Waals surface area contributed by atoms with Gasteiger partial charge in [-0.2, -0.15) is 0 Å². The quantitative estimate of drug-likeness (QED) is 0.931. The summed E-state index contributed by atoms with van der Waals surface area (Å²) in [6, 6.07) is 6.22. The van der Waals surface area contributed by atoms with Crippen LogP contribution in [0.25, 0.3) is 0 Å². The summed E-state index contributed by atoms with van der Waals surface area (Å²) in [7, 11) is 0. The molecule has 0 spiro atoms. The number of nitrogens with zero attached hydrogens (tertiary/aromatic N) is 1. The van der Waals surface area contributed by atoms with Gasteiger partial charge in [-0.3, -0.25) is 4.79 Å². The van der Waals surface area contributed by atoms with Crippen molar-refractivity contribution in [3.05, 3.63) is 35.6 Å². The molecule has 2 fully saturated rings. The van der Waals surface area contributed by atoms with Crippen LogP contribution in [-0.4, -0.2) is 40.7 Å². The molecule has 2 aliphatic rings. The minimum Gasteiger partial charge on any atom is -0.389 e. The van der Waals surface area contributed by atoms with E-state index in [1.165, 1.54) is 12.1 Å². The highest BCUT2D eigenvalue weighted by molar-refractivity contribution is 5.77. The molecule has 0 bridgehead atoms. The largest absolute Gasteiger partial charge is 0.389 e. The summed E-state index contributed by atoms with van der Waals surface area (Å²) in [6.45, 7) is 2.91. The summed E-state index contributed by atoms with van der Waals surface area (Å²) >= 11 is 0. The molecule has 1 aromatic carbocycles. The molecule has 1 saturated heterocycles. The van der Waals surface area contributed by atoms with Gasteiger partial charge in [-0.15, -0.1) is 0 Å². The summed E-state index contributed by atoms with van der Waals surface area (Å²) < 4.78 is 19.0. The van der Waals surface area contributed by atoms with Crippen LogP contribution in [0.2, 0.25) is 0 Å². The van der Waals surface area contributed by atoms with Crippen LogP contribution in [0.5, 0.6) is 0 Å². The van der Waals surface area contributed by atoms with Crippen molar-refractivity contribution >= 4 is 5.91 Å². The molecule has 2 unspecified atom stereocenters. The molecule has 5 heteroatoms. The maximum Gasteiger partial charge on any atom is 0.225 e. The number of morpholine rings is 1. The smallest absolute Gasteiger partial charge is 0.225 e. The molecule has 1 saturated carbocycles. The van der Waals surface area contributed by atoms with Gasteiger partial charge in [0, 0.05) is 6.54 Å². The van der Waals surface area contributed by atoms with Gasteiger partial charge >= 0.3 is 0 Å². The van der Waals surface area contributed by atoms with E-state index in [1.54, 1.807) is 17.0 Å². The maximum absolute atomic E-state index is 13.1. The fourth-order valence-electron chi connectivity index (χ4n) is 3.62. The molecule has 1 heterocycles. The number of amides is 1. The van der Waals surface area contributed by atoms with Gasteiger partial charge in [-0.05, 0) is 37.5 Å². The Balaban J connectivity index is 1.67. The highest BCUT2D eigenvalue weighted by Crippen LogP contribution is 2.34. The van der Waals surface area contributed by atoms with Crippen LogP contribution in [0.4, 0.5) is 4.39 Å². The Kier molecular flexibility index (Phi) is 4.69. The van der Waals surface area contributed by atoms with E-state index in [2.05, 4.69) is 0 Å². The molecule has 0 aromatic heterocycles. The van der Waals surface area contributed by atoms with Gasteiger partial charge in [-0.25, -0.2) is 4.39 Å². The minimum absolute atomic E-state index is 0.0170. The van der Waals surface area contributed by atoms with Crippen LogP contribution in [0, 0.1) is 5.82 Å². The van der Waals surface area contributed by atoms with E-state index in [-0.39, 0.29) is 30.4 Å². The van der Waals surface area contributed by atoms with E-state index in [0.717, 1.165) is 18.4 Å². The van der Waals surface area contributed by atoms with Crippen molar-refractivity contribution in [3.63, 3.8) is 0 Å². The Morgan fingerprint density at radius 3 is 2.61 bits per heavy atom. The highest BCUT2D eigenvalue weighted by Gasteiger charge is 2.37. The summed E-state index contributed by atoms with van der Waals surface area (Å²) in [5.74, 6) is -0.300. The molecule has 1 aliphatic carbocycles. The third-order valence-corrected chi connectivity index (χ3v) is 4.87. The zero-order valence-corrected chi connectivity index (χ0v) is 13.5. The van der Waals surface area contributed by atoms with Gasteiger partial charge in [0.2, 0.25) is 5.91 Å². The van der Waals surface area contributed by atoms with Crippen molar-refractivity contribution in [3.8, 4) is 0 Å². The lowest BCUT2D eigenvalue weighted by molar-refractivity contribution is -0.149. The van der Waals surface area contributed by atoms with E-state index in [1.807, 2.05) is 6.92 Å². The molecule has 4 nitrogen and oxygen atoms in total. The predicted octanol–water partition coefficient (Wildman–Crippen LogP) is 2.81. The van der Waals surface area contributed by atoms with E-state index in [4.69, 9.17) is 4.74 Å². The Hall–Kier alpha value is -1.46. The van der Waals surface area contributed by atoms with Crippen molar-refractivity contribution in [2.24, 2.45) is 0 Å². The molecular formula is C18H24FNO3. The van der Waals surface area contributed by atoms with Crippen molar-refractivity contribution in [2.45, 2.75) is 56.8 Å². The van der Waals surface area contributed by atoms with Crippen LogP contribution < -0.4 is 0 Å². The van der Waals surface area contributed by atoms with Gasteiger partial charge in [-0.1, -0.05) is 25.0 Å². The van der Waals surface area contributed by atoms with Crippen molar-refractivity contribution in [1.29, 1.82) is 0 Å². The summed E-state index contributed by atoms with van der Waals surface area (Å²) in [5.41, 5.74) is 0.0413. The van der Waals surface area contributed by atoms with Gasteiger partial charge in [0.05, 0.1) is 24.7 Å². The van der Waals surface area contributed by atoms with Crippen LogP contribution in [0.3, 0.4) is 0 Å². The number of rotatable bonds is 3. The normalized spacial score (nSPS) is 27.2. The Morgan fingerprint density at radius 1 is 1.30 bits per heavy atom. The SMILES string of the molecule is CC1CN(C(=O)CC2(O)CCCC2)CC(c2ccc(F)cc2)O1. The van der Waals surface area contributed by atoms with Gasteiger partial charge in [0.1, 0.15) is 11.9 Å². The molecule has 2 atom stereocenters. The summed E-state index contributed by atoms with van der Waals surface area (Å²) in [6.07, 6.45) is 3.25. The number of halogens is 1. The van der Waals surface area contributed by atoms with Crippen LogP contribution in [0.1, 0.15) is 50.7 Å². The van der Waals surface area contributed by atoms with E-state index < -0.39 is 5.60 Å². The minimum atomic E-state index is -0.829. The monoisotopic (exact) mass is 321 g/mol. The fourth-order valence-corrected chi connectivity index (χ4v) is 3.62. The number of carbonyl (C=O) groups is 1. The number of carbonyl (C=O) groups excluding carboxylic acids is 1. The number of benzene rings is 1. The number of hydrogen-bond acceptors (Lipinski definition) is 3. The predicted molar refractivity (Wildman–Crippen MR) is 84.3 cm³/mol. The Labute approximate surface area is 136 Å². The van der Waals surface area contributed by atoms with E-state index >= 15 is 0 Å². The molecule has 3 rings (SSSR count). The first-order valence-corrected chi connectivity index (χ1v) is 8.36. The first-order chi connectivity index (χ1) is 11.0. The fraction of sp³-hybridized carbons (Fsp3) is 0.611. The molecule has 1 aromatic rings. The second-order valence-electron chi connectivity index (χ2n) is 6.89. The zero-order chi connectivity index (χ0) is 16.4. The number of aliphatic hydroxyl groups is 1. The van der Waals surface area contributed by atoms with Gasteiger partial charge in [0.25, 0.3) is 0 Å². The number of hydrogen-bond donors (Lipinski definition) is 1. The Morgan fingerprint density at radius 2 is 1.96 bits per heavy atom. The second kappa shape index (κ2) is 6.57. The lowest BCUT2D eigenvalue weighted by Gasteiger charge is -2.38. The molecule has 0 radical (unpaired) electrons. The van der Waals surface area contributed by atoms with E-state index in [0.29, 0.717) is 25.9 Å². The zero-order valence-electron chi connectivity index (χ0n) is 13.5. The molecule has 1 amide bonds. The lowest BCUT2D eigenvalue weighted by Crippen LogP contribution is -2.48. The van der Waals surface area contributed by atoms with E-state index in [9.17, 15) is 14.3 Å².